The van der Waals surface area contributed by atoms with Crippen molar-refractivity contribution < 1.29 is 4.79 Å². The van der Waals surface area contributed by atoms with E-state index in [0.717, 1.165) is 17.0 Å². The van der Waals surface area contributed by atoms with E-state index in [1.165, 1.54) is 18.1 Å². The highest BCUT2D eigenvalue weighted by molar-refractivity contribution is 7.99. The Hall–Kier alpha value is -1.63. The summed E-state index contributed by atoms with van der Waals surface area (Å²) in [7, 11) is 0. The first-order chi connectivity index (χ1) is 9.20. The topological polar surface area (TPSA) is 83.6 Å². The zero-order chi connectivity index (χ0) is 13.7. The molecule has 19 heavy (non-hydrogen) atoms. The number of aromatic nitrogens is 4. The second-order valence-electron chi connectivity index (χ2n) is 4.26. The van der Waals surface area contributed by atoms with Crippen molar-refractivity contribution in [2.75, 3.05) is 5.75 Å². The van der Waals surface area contributed by atoms with Crippen molar-refractivity contribution in [3.05, 3.63) is 12.7 Å². The summed E-state index contributed by atoms with van der Waals surface area (Å²) in [6.07, 6.45) is 4.51. The first-order valence-electron chi connectivity index (χ1n) is 6.27. The SMILES string of the molecule is CCC(C)NC(=O)CCSc1ncnc2nc[nH]c12. The molecule has 0 aliphatic carbocycles. The van der Waals surface area contributed by atoms with Crippen LogP contribution >= 0.6 is 11.8 Å². The first-order valence-corrected chi connectivity index (χ1v) is 7.25. The predicted molar refractivity (Wildman–Crippen MR) is 74.9 cm³/mol. The zero-order valence-electron chi connectivity index (χ0n) is 11.0. The number of aromatic amines is 1. The molecule has 0 spiro atoms. The van der Waals surface area contributed by atoms with Gasteiger partial charge < -0.3 is 10.3 Å². The Morgan fingerprint density at radius 2 is 2.32 bits per heavy atom. The van der Waals surface area contributed by atoms with Gasteiger partial charge in [0, 0.05) is 18.2 Å². The van der Waals surface area contributed by atoms with Crippen LogP contribution in [-0.2, 0) is 4.79 Å². The molecule has 0 fully saturated rings. The van der Waals surface area contributed by atoms with Crippen molar-refractivity contribution in [3.8, 4) is 0 Å². The van der Waals surface area contributed by atoms with Crippen LogP contribution in [0.15, 0.2) is 17.7 Å². The number of carbonyl (C=O) groups excluding carboxylic acids is 1. The van der Waals surface area contributed by atoms with Crippen LogP contribution in [0.5, 0.6) is 0 Å². The Morgan fingerprint density at radius 3 is 3.11 bits per heavy atom. The Labute approximate surface area is 115 Å². The molecule has 1 atom stereocenters. The molecule has 2 heterocycles. The summed E-state index contributed by atoms with van der Waals surface area (Å²) in [4.78, 5) is 27.0. The lowest BCUT2D eigenvalue weighted by molar-refractivity contribution is -0.121. The minimum absolute atomic E-state index is 0.0803. The number of hydrogen-bond donors (Lipinski definition) is 2. The van der Waals surface area contributed by atoms with E-state index in [2.05, 4.69) is 32.2 Å². The van der Waals surface area contributed by atoms with Crippen LogP contribution in [-0.4, -0.2) is 37.6 Å². The van der Waals surface area contributed by atoms with E-state index in [4.69, 9.17) is 0 Å². The number of thioether (sulfide) groups is 1. The van der Waals surface area contributed by atoms with Crippen LogP contribution < -0.4 is 5.32 Å². The minimum atomic E-state index is 0.0803. The quantitative estimate of drug-likeness (QED) is 0.621. The zero-order valence-corrected chi connectivity index (χ0v) is 11.8. The molecule has 0 saturated heterocycles. The summed E-state index contributed by atoms with van der Waals surface area (Å²) in [5.41, 5.74) is 1.48. The molecule has 2 aromatic rings. The molecule has 0 aliphatic heterocycles. The van der Waals surface area contributed by atoms with Crippen molar-refractivity contribution in [1.29, 1.82) is 0 Å². The van der Waals surface area contributed by atoms with Gasteiger partial charge in [0.1, 0.15) is 16.9 Å². The highest BCUT2D eigenvalue weighted by atomic mass is 32.2. The van der Waals surface area contributed by atoms with Crippen LogP contribution in [0.3, 0.4) is 0 Å². The van der Waals surface area contributed by atoms with Gasteiger partial charge in [0.25, 0.3) is 0 Å². The largest absolute Gasteiger partial charge is 0.354 e. The van der Waals surface area contributed by atoms with Gasteiger partial charge in [0.15, 0.2) is 5.65 Å². The van der Waals surface area contributed by atoms with E-state index in [9.17, 15) is 4.79 Å². The number of rotatable bonds is 6. The Morgan fingerprint density at radius 1 is 1.47 bits per heavy atom. The molecule has 1 unspecified atom stereocenters. The summed E-state index contributed by atoms with van der Waals surface area (Å²) in [5, 5.41) is 3.78. The van der Waals surface area contributed by atoms with Gasteiger partial charge in [-0.2, -0.15) is 0 Å². The van der Waals surface area contributed by atoms with Crippen molar-refractivity contribution in [1.82, 2.24) is 25.3 Å². The summed E-state index contributed by atoms with van der Waals surface area (Å²) in [5.74, 6) is 0.768. The third-order valence-electron chi connectivity index (χ3n) is 2.78. The molecule has 0 aromatic carbocycles. The molecule has 0 radical (unpaired) electrons. The Kier molecular flexibility index (Phi) is 4.73. The maximum Gasteiger partial charge on any atom is 0.221 e. The predicted octanol–water partition coefficient (Wildman–Crippen LogP) is 1.75. The van der Waals surface area contributed by atoms with Crippen molar-refractivity contribution >= 4 is 28.8 Å². The highest BCUT2D eigenvalue weighted by Crippen LogP contribution is 2.22. The molecule has 102 valence electrons. The van der Waals surface area contributed by atoms with Crippen molar-refractivity contribution in [2.45, 2.75) is 37.8 Å². The summed E-state index contributed by atoms with van der Waals surface area (Å²) < 4.78 is 0. The van der Waals surface area contributed by atoms with Crippen LogP contribution in [0.25, 0.3) is 11.2 Å². The standard InChI is InChI=1S/C12H17N5OS/c1-3-8(2)17-9(18)4-5-19-12-10-11(14-6-13-10)15-7-16-12/h6-8H,3-5H2,1-2H3,(H,17,18)(H,13,14,15,16). The normalized spacial score (nSPS) is 12.5. The number of carbonyl (C=O) groups is 1. The third kappa shape index (κ3) is 3.66. The second kappa shape index (κ2) is 6.51. The van der Waals surface area contributed by atoms with Gasteiger partial charge in [-0.05, 0) is 13.3 Å². The third-order valence-corrected chi connectivity index (χ3v) is 3.77. The maximum atomic E-state index is 11.6. The average Bonchev–Trinajstić information content (AvgIpc) is 2.87. The van der Waals surface area contributed by atoms with Crippen LogP contribution in [0.2, 0.25) is 0 Å². The molecule has 1 amide bonds. The maximum absolute atomic E-state index is 11.6. The molecule has 2 rings (SSSR count). The van der Waals surface area contributed by atoms with E-state index in [1.807, 2.05) is 6.92 Å². The van der Waals surface area contributed by atoms with Crippen LogP contribution in [0, 0.1) is 0 Å². The first kappa shape index (κ1) is 13.8. The molecule has 0 saturated carbocycles. The fourth-order valence-electron chi connectivity index (χ4n) is 1.54. The average molecular weight is 279 g/mol. The lowest BCUT2D eigenvalue weighted by Crippen LogP contribution is -2.32. The molecule has 2 aromatic heterocycles. The molecule has 7 heteroatoms. The molecule has 0 aliphatic rings. The fourth-order valence-corrected chi connectivity index (χ4v) is 2.44. The van der Waals surface area contributed by atoms with Gasteiger partial charge in [-0.3, -0.25) is 4.79 Å². The van der Waals surface area contributed by atoms with Crippen LogP contribution in [0.4, 0.5) is 0 Å². The summed E-state index contributed by atoms with van der Waals surface area (Å²) in [6, 6.07) is 0.232. The van der Waals surface area contributed by atoms with E-state index in [-0.39, 0.29) is 11.9 Å². The van der Waals surface area contributed by atoms with E-state index in [1.54, 1.807) is 6.33 Å². The number of hydrogen-bond acceptors (Lipinski definition) is 5. The smallest absolute Gasteiger partial charge is 0.221 e. The number of imidazole rings is 1. The molecular weight excluding hydrogens is 262 g/mol. The van der Waals surface area contributed by atoms with Gasteiger partial charge >= 0.3 is 0 Å². The van der Waals surface area contributed by atoms with Gasteiger partial charge in [0.2, 0.25) is 5.91 Å². The number of nitrogens with zero attached hydrogens (tertiary/aromatic N) is 3. The number of nitrogens with one attached hydrogen (secondary N) is 2. The fraction of sp³-hybridized carbons (Fsp3) is 0.500. The lowest BCUT2D eigenvalue weighted by Gasteiger charge is -2.10. The molecule has 2 N–H and O–H groups in total. The number of amides is 1. The minimum Gasteiger partial charge on any atom is -0.354 e. The number of H-pyrrole nitrogens is 1. The monoisotopic (exact) mass is 279 g/mol. The lowest BCUT2D eigenvalue weighted by atomic mass is 10.2. The summed E-state index contributed by atoms with van der Waals surface area (Å²) >= 11 is 1.53. The highest BCUT2D eigenvalue weighted by Gasteiger charge is 2.09. The van der Waals surface area contributed by atoms with E-state index in [0.29, 0.717) is 17.8 Å². The van der Waals surface area contributed by atoms with E-state index >= 15 is 0 Å². The Balaban J connectivity index is 1.86. The second-order valence-corrected chi connectivity index (χ2v) is 5.34. The van der Waals surface area contributed by atoms with Gasteiger partial charge in [0.05, 0.1) is 6.33 Å². The van der Waals surface area contributed by atoms with Gasteiger partial charge in [-0.15, -0.1) is 11.8 Å². The summed E-state index contributed by atoms with van der Waals surface area (Å²) in [6.45, 7) is 4.05. The van der Waals surface area contributed by atoms with Crippen LogP contribution in [0.1, 0.15) is 26.7 Å². The van der Waals surface area contributed by atoms with Gasteiger partial charge in [-0.25, -0.2) is 15.0 Å². The molecule has 6 nitrogen and oxygen atoms in total. The Bertz CT molecular complexity index is 556. The van der Waals surface area contributed by atoms with Crippen molar-refractivity contribution in [2.24, 2.45) is 0 Å². The van der Waals surface area contributed by atoms with Gasteiger partial charge in [-0.1, -0.05) is 6.92 Å². The van der Waals surface area contributed by atoms with Crippen molar-refractivity contribution in [3.63, 3.8) is 0 Å². The number of fused-ring (bicyclic) bond motifs is 1. The molecule has 0 bridgehead atoms. The van der Waals surface area contributed by atoms with E-state index < -0.39 is 0 Å². The molecular formula is C12H17N5OS.